The van der Waals surface area contributed by atoms with Crippen LogP contribution in [0.15, 0.2) is 59.4 Å². The Morgan fingerprint density at radius 1 is 0.962 bits per heavy atom. The van der Waals surface area contributed by atoms with Crippen LogP contribution in [0, 0.1) is 0 Å². The van der Waals surface area contributed by atoms with Crippen molar-refractivity contribution in [1.82, 2.24) is 4.98 Å². The Bertz CT molecular complexity index is 985. The van der Waals surface area contributed by atoms with Crippen LogP contribution in [0.5, 0.6) is 0 Å². The van der Waals surface area contributed by atoms with Crippen LogP contribution >= 0.6 is 7.60 Å². The Balaban J connectivity index is 1.88. The first kappa shape index (κ1) is 18.6. The molecule has 0 atom stereocenters. The predicted octanol–water partition coefficient (Wildman–Crippen LogP) is 4.96. The number of hydrogen-bond donors (Lipinski definition) is 1. The van der Waals surface area contributed by atoms with E-state index in [1.165, 1.54) is 0 Å². The van der Waals surface area contributed by atoms with Gasteiger partial charge in [-0.2, -0.15) is 0 Å². The number of H-pyrrole nitrogens is 1. The number of hydrogen-bond acceptors (Lipinski definition) is 4. The summed E-state index contributed by atoms with van der Waals surface area (Å²) in [7, 11) is -3.13. The van der Waals surface area contributed by atoms with Crippen molar-refractivity contribution in [3.8, 4) is 11.3 Å². The molecule has 0 radical (unpaired) electrons. The first-order valence-electron chi connectivity index (χ1n) is 8.64. The van der Waals surface area contributed by atoms with Crippen LogP contribution in [0.1, 0.15) is 19.4 Å². The Hall–Kier alpha value is -2.20. The molecule has 1 aromatic heterocycles. The van der Waals surface area contributed by atoms with Gasteiger partial charge in [0.15, 0.2) is 5.43 Å². The molecule has 26 heavy (non-hydrogen) atoms. The topological polar surface area (TPSA) is 68.4 Å². The molecule has 136 valence electrons. The quantitative estimate of drug-likeness (QED) is 0.596. The summed E-state index contributed by atoms with van der Waals surface area (Å²) in [6, 6.07) is 16.6. The highest BCUT2D eigenvalue weighted by Crippen LogP contribution is 2.51. The number of aromatic amines is 1. The highest BCUT2D eigenvalue weighted by molar-refractivity contribution is 7.53. The molecule has 0 unspecified atom stereocenters. The molecule has 0 bridgehead atoms. The molecule has 3 aromatic rings. The summed E-state index contributed by atoms with van der Waals surface area (Å²) in [6.45, 7) is 4.27. The van der Waals surface area contributed by atoms with Gasteiger partial charge >= 0.3 is 7.60 Å². The summed E-state index contributed by atoms with van der Waals surface area (Å²) >= 11 is 0. The van der Waals surface area contributed by atoms with Gasteiger partial charge in [0.25, 0.3) is 0 Å². The van der Waals surface area contributed by atoms with E-state index in [1.807, 2.05) is 42.5 Å². The van der Waals surface area contributed by atoms with E-state index in [0.29, 0.717) is 18.6 Å². The Morgan fingerprint density at radius 2 is 1.62 bits per heavy atom. The molecule has 0 saturated heterocycles. The molecular weight excluding hydrogens is 349 g/mol. The monoisotopic (exact) mass is 371 g/mol. The minimum absolute atomic E-state index is 0.0179. The third-order valence-corrected chi connectivity index (χ3v) is 6.09. The van der Waals surface area contributed by atoms with Gasteiger partial charge in [-0.3, -0.25) is 9.36 Å². The first-order chi connectivity index (χ1) is 12.5. The molecule has 0 saturated carbocycles. The normalized spacial score (nSPS) is 11.8. The molecule has 3 rings (SSSR count). The van der Waals surface area contributed by atoms with E-state index >= 15 is 0 Å². The average Bonchev–Trinajstić information content (AvgIpc) is 2.62. The summed E-state index contributed by atoms with van der Waals surface area (Å²) in [5, 5.41) is 0.669. The van der Waals surface area contributed by atoms with Crippen LogP contribution in [0.4, 0.5) is 0 Å². The molecule has 0 amide bonds. The van der Waals surface area contributed by atoms with Crippen molar-refractivity contribution in [2.75, 3.05) is 13.2 Å². The standard InChI is InChI=1S/C20H22NO4P/c1-3-24-26(23,25-4-2)14-15-9-11-16(12-10-15)19-13-20(22)17-7-5-6-8-18(17)21-19/h5-13H,3-4,14H2,1-2H3,(H,21,22). The molecule has 1 N–H and O–H groups in total. The molecule has 2 aromatic carbocycles. The van der Waals surface area contributed by atoms with Crippen LogP contribution in [-0.2, 0) is 19.8 Å². The van der Waals surface area contributed by atoms with Crippen molar-refractivity contribution in [3.63, 3.8) is 0 Å². The predicted molar refractivity (Wildman–Crippen MR) is 105 cm³/mol. The van der Waals surface area contributed by atoms with Gasteiger partial charge in [-0.1, -0.05) is 36.4 Å². The second-order valence-corrected chi connectivity index (χ2v) is 7.95. The van der Waals surface area contributed by atoms with Crippen LogP contribution in [0.3, 0.4) is 0 Å². The Labute approximate surface area is 152 Å². The molecule has 0 aliphatic carbocycles. The van der Waals surface area contributed by atoms with Crippen LogP contribution in [-0.4, -0.2) is 18.2 Å². The van der Waals surface area contributed by atoms with Crippen LogP contribution < -0.4 is 5.43 Å². The number of nitrogens with one attached hydrogen (secondary N) is 1. The summed E-state index contributed by atoms with van der Waals surface area (Å²) in [6.07, 6.45) is 0.225. The SMILES string of the molecule is CCOP(=O)(Cc1ccc(-c2cc(=O)c3ccccc3[nH]2)cc1)OCC. The lowest BCUT2D eigenvalue weighted by molar-refractivity contribution is 0.219. The van der Waals surface area contributed by atoms with E-state index in [9.17, 15) is 9.36 Å². The molecule has 0 aliphatic heterocycles. The van der Waals surface area contributed by atoms with Crippen LogP contribution in [0.2, 0.25) is 0 Å². The minimum atomic E-state index is -3.13. The Morgan fingerprint density at radius 3 is 2.27 bits per heavy atom. The fourth-order valence-corrected chi connectivity index (χ4v) is 4.59. The van der Waals surface area contributed by atoms with Gasteiger partial charge in [0.05, 0.1) is 19.4 Å². The van der Waals surface area contributed by atoms with E-state index in [1.54, 1.807) is 26.0 Å². The van der Waals surface area contributed by atoms with Gasteiger partial charge in [-0.05, 0) is 37.1 Å². The fourth-order valence-electron chi connectivity index (χ4n) is 2.89. The summed E-state index contributed by atoms with van der Waals surface area (Å²) in [5.74, 6) is 0. The zero-order valence-electron chi connectivity index (χ0n) is 14.9. The van der Waals surface area contributed by atoms with Gasteiger partial charge in [-0.25, -0.2) is 0 Å². The molecule has 0 fully saturated rings. The van der Waals surface area contributed by atoms with E-state index in [2.05, 4.69) is 4.98 Å². The largest absolute Gasteiger partial charge is 0.354 e. The zero-order chi connectivity index (χ0) is 18.6. The van der Waals surface area contributed by atoms with Gasteiger partial charge in [-0.15, -0.1) is 0 Å². The van der Waals surface area contributed by atoms with Gasteiger partial charge < -0.3 is 14.0 Å². The number of para-hydroxylation sites is 1. The lowest BCUT2D eigenvalue weighted by Gasteiger charge is -2.17. The molecular formula is C20H22NO4P. The number of aromatic nitrogens is 1. The molecule has 5 nitrogen and oxygen atoms in total. The lowest BCUT2D eigenvalue weighted by Crippen LogP contribution is -2.02. The van der Waals surface area contributed by atoms with E-state index in [-0.39, 0.29) is 11.6 Å². The highest BCUT2D eigenvalue weighted by Gasteiger charge is 2.23. The van der Waals surface area contributed by atoms with E-state index in [0.717, 1.165) is 22.3 Å². The van der Waals surface area contributed by atoms with Crippen molar-refractivity contribution in [1.29, 1.82) is 0 Å². The smallest absolute Gasteiger partial charge is 0.335 e. The van der Waals surface area contributed by atoms with Crippen molar-refractivity contribution in [2.45, 2.75) is 20.0 Å². The Kier molecular flexibility index (Phi) is 5.72. The number of rotatable bonds is 7. The van der Waals surface area contributed by atoms with Gasteiger partial charge in [0, 0.05) is 22.7 Å². The third-order valence-electron chi connectivity index (χ3n) is 4.03. The molecule has 1 heterocycles. The van der Waals surface area contributed by atoms with Crippen LogP contribution in [0.25, 0.3) is 22.2 Å². The number of pyridine rings is 1. The molecule has 0 spiro atoms. The zero-order valence-corrected chi connectivity index (χ0v) is 15.8. The van der Waals surface area contributed by atoms with E-state index in [4.69, 9.17) is 9.05 Å². The van der Waals surface area contributed by atoms with Crippen molar-refractivity contribution < 1.29 is 13.6 Å². The van der Waals surface area contributed by atoms with Crippen molar-refractivity contribution in [3.05, 3.63) is 70.4 Å². The van der Waals surface area contributed by atoms with E-state index < -0.39 is 7.60 Å². The summed E-state index contributed by atoms with van der Waals surface area (Å²) < 4.78 is 23.3. The average molecular weight is 371 g/mol. The minimum Gasteiger partial charge on any atom is -0.354 e. The fraction of sp³-hybridized carbons (Fsp3) is 0.250. The number of benzene rings is 2. The third kappa shape index (κ3) is 4.13. The van der Waals surface area contributed by atoms with Crippen molar-refractivity contribution in [2.24, 2.45) is 0 Å². The molecule has 0 aliphatic rings. The maximum atomic E-state index is 12.6. The van der Waals surface area contributed by atoms with Crippen molar-refractivity contribution >= 4 is 18.5 Å². The molecule has 6 heteroatoms. The first-order valence-corrected chi connectivity index (χ1v) is 10.4. The highest BCUT2D eigenvalue weighted by atomic mass is 31.2. The lowest BCUT2D eigenvalue weighted by atomic mass is 10.1. The number of fused-ring (bicyclic) bond motifs is 1. The second kappa shape index (κ2) is 8.00. The van der Waals surface area contributed by atoms with Gasteiger partial charge in [0.2, 0.25) is 0 Å². The second-order valence-electron chi connectivity index (χ2n) is 5.89. The maximum Gasteiger partial charge on any atom is 0.335 e. The summed E-state index contributed by atoms with van der Waals surface area (Å²) in [5.41, 5.74) is 3.28. The maximum absolute atomic E-state index is 12.6. The van der Waals surface area contributed by atoms with Gasteiger partial charge in [0.1, 0.15) is 0 Å². The summed E-state index contributed by atoms with van der Waals surface area (Å²) in [4.78, 5) is 15.6.